The van der Waals surface area contributed by atoms with E-state index in [-0.39, 0.29) is 39.6 Å². The molecule has 1 saturated carbocycles. The molecule has 22 heteroatoms. The molecule has 0 aromatic heterocycles. The molecule has 286 valence electrons. The van der Waals surface area contributed by atoms with Gasteiger partial charge in [0.25, 0.3) is 0 Å². The quantitative estimate of drug-likeness (QED) is 0.0742. The minimum atomic E-state index is -1.62. The summed E-state index contributed by atoms with van der Waals surface area (Å²) < 4.78 is 51.2. The molecule has 22 nitrogen and oxygen atoms in total. The second-order valence-electron chi connectivity index (χ2n) is 12.8. The SMILES string of the molecule is NC1CC(N)C(OC2OC(CO)C(O)C(O)C2N)C(OC2OC(COCCO)C(OC3OC(CNC4OCO4)C(O)C(O)C3N)C2O)C1O. The van der Waals surface area contributed by atoms with E-state index in [0.29, 0.717) is 0 Å². The summed E-state index contributed by atoms with van der Waals surface area (Å²) in [7, 11) is 0. The number of hydrogen-bond acceptors (Lipinski definition) is 22. The van der Waals surface area contributed by atoms with E-state index in [0.717, 1.165) is 0 Å². The van der Waals surface area contributed by atoms with Crippen molar-refractivity contribution in [1.29, 1.82) is 0 Å². The summed E-state index contributed by atoms with van der Waals surface area (Å²) in [6.45, 7) is -1.23. The normalized spacial score (nSPS) is 49.6. The van der Waals surface area contributed by atoms with Crippen LogP contribution in [0.1, 0.15) is 6.42 Å². The van der Waals surface area contributed by atoms with Crippen molar-refractivity contribution < 1.29 is 83.5 Å². The van der Waals surface area contributed by atoms with E-state index in [9.17, 15) is 40.9 Å². The molecule has 4 aliphatic heterocycles. The van der Waals surface area contributed by atoms with Crippen LogP contribution >= 0.6 is 0 Å². The van der Waals surface area contributed by atoms with Gasteiger partial charge in [-0.05, 0) is 6.42 Å². The molecule has 0 aromatic rings. The van der Waals surface area contributed by atoms with Gasteiger partial charge in [-0.2, -0.15) is 0 Å². The average Bonchev–Trinajstić information content (AvgIpc) is 3.34. The zero-order valence-corrected chi connectivity index (χ0v) is 26.6. The van der Waals surface area contributed by atoms with Crippen LogP contribution in [-0.2, 0) is 42.6 Å². The number of aliphatic hydroxyl groups is 8. The van der Waals surface area contributed by atoms with Gasteiger partial charge in [-0.15, -0.1) is 0 Å². The highest BCUT2D eigenvalue weighted by atomic mass is 16.9. The van der Waals surface area contributed by atoms with Crippen LogP contribution in [0.25, 0.3) is 0 Å². The van der Waals surface area contributed by atoms with E-state index in [2.05, 4.69) is 5.32 Å². The predicted molar refractivity (Wildman–Crippen MR) is 157 cm³/mol. The Morgan fingerprint density at radius 2 is 1.18 bits per heavy atom. The second-order valence-corrected chi connectivity index (χ2v) is 12.8. The van der Waals surface area contributed by atoms with Crippen LogP contribution in [-0.4, -0.2) is 203 Å². The van der Waals surface area contributed by atoms with Gasteiger partial charge in [0.05, 0.1) is 44.6 Å². The first-order valence-electron chi connectivity index (χ1n) is 16.2. The number of nitrogens with one attached hydrogen (secondary N) is 1. The minimum Gasteiger partial charge on any atom is -0.394 e. The average molecular weight is 718 g/mol. The molecule has 5 aliphatic rings. The monoisotopic (exact) mass is 717 g/mol. The molecule has 1 aliphatic carbocycles. The van der Waals surface area contributed by atoms with Gasteiger partial charge in [0.15, 0.2) is 25.7 Å². The van der Waals surface area contributed by atoms with E-state index in [1.165, 1.54) is 0 Å². The standard InChI is InChI=1S/C27H51N5O17/c28-8-3-9(29)21(47-25-14(31)19(39)17(37)11(5-34)45-25)23(15(8)35)49-26-20(40)22(12(46-26)6-41-2-1-33)48-24-13(30)18(38)16(36)10(44-24)4-32-27-42-7-43-27/h8-27,32-40H,1-7,28-31H2. The van der Waals surface area contributed by atoms with Crippen LogP contribution in [0, 0.1) is 0 Å². The fourth-order valence-electron chi connectivity index (χ4n) is 6.39. The molecule has 19 unspecified atom stereocenters. The van der Waals surface area contributed by atoms with Gasteiger partial charge in [-0.3, -0.25) is 5.32 Å². The van der Waals surface area contributed by atoms with Crippen molar-refractivity contribution in [2.45, 2.75) is 129 Å². The molecule has 0 aromatic carbocycles. The summed E-state index contributed by atoms with van der Waals surface area (Å²) in [5.41, 5.74) is 24.7. The van der Waals surface area contributed by atoms with Crippen LogP contribution in [0.5, 0.6) is 0 Å². The Hall–Kier alpha value is -0.880. The van der Waals surface area contributed by atoms with Gasteiger partial charge in [0.2, 0.25) is 6.41 Å². The summed E-state index contributed by atoms with van der Waals surface area (Å²) in [5.74, 6) is 0. The maximum absolute atomic E-state index is 11.5. The van der Waals surface area contributed by atoms with Gasteiger partial charge in [-0.25, -0.2) is 0 Å². The van der Waals surface area contributed by atoms with Crippen LogP contribution in [0.2, 0.25) is 0 Å². The molecule has 0 bridgehead atoms. The predicted octanol–water partition coefficient (Wildman–Crippen LogP) is -8.93. The van der Waals surface area contributed by atoms with Crippen molar-refractivity contribution in [2.24, 2.45) is 22.9 Å². The number of ether oxygens (including phenoxy) is 9. The van der Waals surface area contributed by atoms with E-state index in [1.807, 2.05) is 0 Å². The maximum atomic E-state index is 11.5. The minimum absolute atomic E-state index is 0.0289. The van der Waals surface area contributed by atoms with E-state index >= 15 is 0 Å². The van der Waals surface area contributed by atoms with Gasteiger partial charge in [-0.1, -0.05) is 0 Å². The van der Waals surface area contributed by atoms with Crippen molar-refractivity contribution in [3.63, 3.8) is 0 Å². The number of rotatable bonds is 14. The lowest BCUT2D eigenvalue weighted by atomic mass is 9.84. The van der Waals surface area contributed by atoms with Gasteiger partial charge in [0, 0.05) is 18.6 Å². The number of hydrogen-bond donors (Lipinski definition) is 13. The summed E-state index contributed by atoms with van der Waals surface area (Å²) >= 11 is 0. The Morgan fingerprint density at radius 3 is 1.78 bits per heavy atom. The van der Waals surface area contributed by atoms with Crippen LogP contribution in [0.3, 0.4) is 0 Å². The largest absolute Gasteiger partial charge is 0.394 e. The molecule has 17 N–H and O–H groups in total. The van der Waals surface area contributed by atoms with Crippen LogP contribution < -0.4 is 28.3 Å². The lowest BCUT2D eigenvalue weighted by Gasteiger charge is -2.47. The van der Waals surface area contributed by atoms with E-state index < -0.39 is 129 Å². The highest BCUT2D eigenvalue weighted by Crippen LogP contribution is 2.34. The van der Waals surface area contributed by atoms with Crippen molar-refractivity contribution in [2.75, 3.05) is 39.8 Å². The highest BCUT2D eigenvalue weighted by molar-refractivity contribution is 5.02. The van der Waals surface area contributed by atoms with Crippen LogP contribution in [0.4, 0.5) is 0 Å². The smallest absolute Gasteiger partial charge is 0.220 e. The third kappa shape index (κ3) is 8.68. The summed E-state index contributed by atoms with van der Waals surface area (Å²) in [6, 6.07) is -4.37. The summed E-state index contributed by atoms with van der Waals surface area (Å²) in [6.07, 6.45) is -21.3. The highest BCUT2D eigenvalue weighted by Gasteiger charge is 2.54. The molecule has 4 saturated heterocycles. The fourth-order valence-corrected chi connectivity index (χ4v) is 6.39. The molecule has 5 rings (SSSR count). The lowest BCUT2D eigenvalue weighted by Crippen LogP contribution is -2.68. The first-order valence-corrected chi connectivity index (χ1v) is 16.2. The Morgan fingerprint density at radius 1 is 0.612 bits per heavy atom. The van der Waals surface area contributed by atoms with Gasteiger partial charge < -0.3 is 106 Å². The third-order valence-corrected chi connectivity index (χ3v) is 9.35. The lowest BCUT2D eigenvalue weighted by molar-refractivity contribution is -0.337. The number of aliphatic hydroxyl groups excluding tert-OH is 8. The zero-order chi connectivity index (χ0) is 35.6. The topological polar surface area (TPSA) is 361 Å². The molecule has 19 atom stereocenters. The maximum Gasteiger partial charge on any atom is 0.220 e. The summed E-state index contributed by atoms with van der Waals surface area (Å²) in [5, 5.41) is 86.1. The Kier molecular flexibility index (Phi) is 13.9. The van der Waals surface area contributed by atoms with Crippen molar-refractivity contribution in [3.05, 3.63) is 0 Å². The second kappa shape index (κ2) is 17.3. The van der Waals surface area contributed by atoms with Crippen molar-refractivity contribution in [1.82, 2.24) is 5.32 Å². The van der Waals surface area contributed by atoms with Crippen molar-refractivity contribution >= 4 is 0 Å². The Balaban J connectivity index is 1.31. The molecule has 4 heterocycles. The number of nitrogens with two attached hydrogens (primary N) is 4. The Labute approximate surface area is 280 Å². The van der Waals surface area contributed by atoms with Crippen molar-refractivity contribution in [3.8, 4) is 0 Å². The Bertz CT molecular complexity index is 1020. The van der Waals surface area contributed by atoms with Gasteiger partial charge in [0.1, 0.15) is 67.1 Å². The van der Waals surface area contributed by atoms with Gasteiger partial charge >= 0.3 is 0 Å². The first kappa shape index (κ1) is 39.3. The fraction of sp³-hybridized carbons (Fsp3) is 1.00. The molecule has 5 fully saturated rings. The molecule has 0 spiro atoms. The molecule has 0 radical (unpaired) electrons. The molecule has 49 heavy (non-hydrogen) atoms. The first-order chi connectivity index (χ1) is 23.4. The third-order valence-electron chi connectivity index (χ3n) is 9.35. The molecular formula is C27H51N5O17. The zero-order valence-electron chi connectivity index (χ0n) is 26.6. The van der Waals surface area contributed by atoms with E-state index in [4.69, 9.17) is 65.6 Å². The van der Waals surface area contributed by atoms with Crippen LogP contribution in [0.15, 0.2) is 0 Å². The van der Waals surface area contributed by atoms with E-state index in [1.54, 1.807) is 0 Å². The molecular weight excluding hydrogens is 666 g/mol. The summed E-state index contributed by atoms with van der Waals surface area (Å²) in [4.78, 5) is 0. The molecule has 0 amide bonds.